The summed E-state index contributed by atoms with van der Waals surface area (Å²) in [5.41, 5.74) is -0.787. The lowest BCUT2D eigenvalue weighted by atomic mass is 9.80. The molecule has 0 amide bonds. The first-order chi connectivity index (χ1) is 7.05. The maximum Gasteiger partial charge on any atom is 0.513 e. The lowest BCUT2D eigenvalue weighted by molar-refractivity contribution is 0.0227. The van der Waals surface area contributed by atoms with Crippen molar-refractivity contribution < 1.29 is 22.4 Å². The number of rotatable bonds is 5. The first-order valence-electron chi connectivity index (χ1n) is 4.40. The highest BCUT2D eigenvalue weighted by Crippen LogP contribution is 2.16. The Balaban J connectivity index is 2.78. The van der Waals surface area contributed by atoms with Crippen molar-refractivity contribution in [1.29, 1.82) is 0 Å². The van der Waals surface area contributed by atoms with E-state index in [0.29, 0.717) is 6.61 Å². The summed E-state index contributed by atoms with van der Waals surface area (Å²) in [6.07, 6.45) is 2.11. The van der Waals surface area contributed by atoms with Gasteiger partial charge in [-0.3, -0.25) is 4.98 Å². The summed E-state index contributed by atoms with van der Waals surface area (Å²) in [6, 6.07) is 0.890. The van der Waals surface area contributed by atoms with Gasteiger partial charge >= 0.3 is 6.98 Å². The van der Waals surface area contributed by atoms with Crippen LogP contribution in [0.5, 0.6) is 5.75 Å². The molecule has 1 aromatic heterocycles. The molecule has 0 saturated heterocycles. The van der Waals surface area contributed by atoms with Gasteiger partial charge in [0.1, 0.15) is 5.75 Å². The third kappa shape index (κ3) is 3.43. The van der Waals surface area contributed by atoms with Gasteiger partial charge in [0.05, 0.1) is 6.20 Å². The molecule has 0 saturated carbocycles. The van der Waals surface area contributed by atoms with Gasteiger partial charge < -0.3 is 22.4 Å². The molecule has 1 heterocycles. The van der Waals surface area contributed by atoms with Gasteiger partial charge in [-0.25, -0.2) is 0 Å². The standard InChI is InChI=1S/C8H10BF3NO2/c1-2-14-6-15-8-5-13-4-3-7(8)9(10,11)12/h3-5H,2,6H2,1H3/q-1. The van der Waals surface area contributed by atoms with Crippen LogP contribution in [0.4, 0.5) is 12.9 Å². The minimum atomic E-state index is -5.08. The average Bonchev–Trinajstić information content (AvgIpc) is 2.17. The Morgan fingerprint density at radius 2 is 2.13 bits per heavy atom. The Bertz CT molecular complexity index is 319. The summed E-state index contributed by atoms with van der Waals surface area (Å²) in [5, 5.41) is 0. The lowest BCUT2D eigenvalue weighted by Crippen LogP contribution is -2.35. The van der Waals surface area contributed by atoms with Gasteiger partial charge in [0, 0.05) is 12.8 Å². The number of hydrogen-bond acceptors (Lipinski definition) is 3. The van der Waals surface area contributed by atoms with Crippen molar-refractivity contribution in [3.05, 3.63) is 18.5 Å². The Morgan fingerprint density at radius 3 is 2.73 bits per heavy atom. The molecule has 0 radical (unpaired) electrons. The van der Waals surface area contributed by atoms with Crippen LogP contribution in [0.3, 0.4) is 0 Å². The van der Waals surface area contributed by atoms with E-state index in [1.165, 1.54) is 0 Å². The topological polar surface area (TPSA) is 31.4 Å². The fraction of sp³-hybridized carbons (Fsp3) is 0.375. The zero-order valence-corrected chi connectivity index (χ0v) is 8.12. The second kappa shape index (κ2) is 5.02. The molecule has 0 aliphatic heterocycles. The van der Waals surface area contributed by atoms with E-state index in [1.54, 1.807) is 6.92 Å². The quantitative estimate of drug-likeness (QED) is 0.428. The monoisotopic (exact) mass is 220 g/mol. The highest BCUT2D eigenvalue weighted by molar-refractivity contribution is 6.74. The van der Waals surface area contributed by atoms with Crippen molar-refractivity contribution in [3.63, 3.8) is 0 Å². The van der Waals surface area contributed by atoms with E-state index in [0.717, 1.165) is 18.5 Å². The molecule has 0 spiro atoms. The maximum absolute atomic E-state index is 12.5. The van der Waals surface area contributed by atoms with Crippen LogP contribution in [0.15, 0.2) is 18.5 Å². The second-order valence-corrected chi connectivity index (χ2v) is 2.74. The van der Waals surface area contributed by atoms with Gasteiger partial charge in [-0.05, 0) is 6.92 Å². The first kappa shape index (κ1) is 11.8. The Labute approximate surface area is 85.3 Å². The number of ether oxygens (including phenoxy) is 2. The van der Waals surface area contributed by atoms with Crippen molar-refractivity contribution in [1.82, 2.24) is 4.98 Å². The summed E-state index contributed by atoms with van der Waals surface area (Å²) < 4.78 is 47.0. The normalized spacial score (nSPS) is 11.5. The van der Waals surface area contributed by atoms with Crippen LogP contribution < -0.4 is 10.2 Å². The summed E-state index contributed by atoms with van der Waals surface area (Å²) in [4.78, 5) is 3.57. The molecule has 3 nitrogen and oxygen atoms in total. The highest BCUT2D eigenvalue weighted by atomic mass is 19.4. The highest BCUT2D eigenvalue weighted by Gasteiger charge is 2.29. The van der Waals surface area contributed by atoms with Crippen LogP contribution in [-0.4, -0.2) is 25.4 Å². The molecule has 0 aliphatic carbocycles. The van der Waals surface area contributed by atoms with Crippen LogP contribution in [-0.2, 0) is 4.74 Å². The Hall–Kier alpha value is -1.24. The smallest absolute Gasteiger partial charge is 0.469 e. The maximum atomic E-state index is 12.5. The average molecular weight is 220 g/mol. The third-order valence-corrected chi connectivity index (χ3v) is 1.67. The minimum absolute atomic E-state index is 0.207. The van der Waals surface area contributed by atoms with Gasteiger partial charge in [-0.2, -0.15) is 0 Å². The van der Waals surface area contributed by atoms with Crippen molar-refractivity contribution >= 4 is 12.4 Å². The number of pyridine rings is 1. The van der Waals surface area contributed by atoms with Crippen LogP contribution in [0.2, 0.25) is 0 Å². The zero-order valence-electron chi connectivity index (χ0n) is 8.12. The Kier molecular flexibility index (Phi) is 3.96. The van der Waals surface area contributed by atoms with Crippen molar-refractivity contribution in [3.8, 4) is 5.75 Å². The van der Waals surface area contributed by atoms with Crippen LogP contribution >= 0.6 is 0 Å². The first-order valence-corrected chi connectivity index (χ1v) is 4.40. The SMILES string of the molecule is CCOCOc1cnccc1[B-](F)(F)F. The van der Waals surface area contributed by atoms with Gasteiger partial charge in [0.25, 0.3) is 0 Å². The number of nitrogens with zero attached hydrogens (tertiary/aromatic N) is 1. The molecule has 84 valence electrons. The molecule has 0 fully saturated rings. The molecule has 0 bridgehead atoms. The second-order valence-electron chi connectivity index (χ2n) is 2.74. The lowest BCUT2D eigenvalue weighted by Gasteiger charge is -2.18. The minimum Gasteiger partial charge on any atom is -0.469 e. The number of halogens is 3. The van der Waals surface area contributed by atoms with Crippen LogP contribution in [0.25, 0.3) is 0 Å². The van der Waals surface area contributed by atoms with E-state index in [9.17, 15) is 12.9 Å². The van der Waals surface area contributed by atoms with E-state index >= 15 is 0 Å². The van der Waals surface area contributed by atoms with E-state index in [4.69, 9.17) is 9.47 Å². The molecule has 0 N–H and O–H groups in total. The fourth-order valence-corrected chi connectivity index (χ4v) is 0.970. The van der Waals surface area contributed by atoms with E-state index in [2.05, 4.69) is 4.98 Å². The summed E-state index contributed by atoms with van der Waals surface area (Å²) in [7, 11) is 0. The van der Waals surface area contributed by atoms with Crippen LogP contribution in [0.1, 0.15) is 6.92 Å². The predicted octanol–water partition coefficient (Wildman–Crippen LogP) is 1.51. The summed E-state index contributed by atoms with van der Waals surface area (Å²) in [5.74, 6) is -0.293. The van der Waals surface area contributed by atoms with Crippen molar-refractivity contribution in [2.24, 2.45) is 0 Å². The predicted molar refractivity (Wildman–Crippen MR) is 50.1 cm³/mol. The third-order valence-electron chi connectivity index (χ3n) is 1.67. The largest absolute Gasteiger partial charge is 0.513 e. The summed E-state index contributed by atoms with van der Waals surface area (Å²) in [6.45, 7) is -3.18. The molecule has 0 aliphatic rings. The molecular weight excluding hydrogens is 210 g/mol. The molecule has 0 atom stereocenters. The summed E-state index contributed by atoms with van der Waals surface area (Å²) >= 11 is 0. The van der Waals surface area contributed by atoms with Gasteiger partial charge in [0.15, 0.2) is 6.79 Å². The van der Waals surface area contributed by atoms with E-state index in [-0.39, 0.29) is 12.5 Å². The van der Waals surface area contributed by atoms with Crippen molar-refractivity contribution in [2.75, 3.05) is 13.4 Å². The zero-order chi connectivity index (χ0) is 11.3. The van der Waals surface area contributed by atoms with Gasteiger partial charge in [-0.15, -0.1) is 0 Å². The van der Waals surface area contributed by atoms with E-state index in [1.807, 2.05) is 0 Å². The Morgan fingerprint density at radius 1 is 1.40 bits per heavy atom. The molecule has 15 heavy (non-hydrogen) atoms. The molecule has 1 rings (SSSR count). The van der Waals surface area contributed by atoms with Gasteiger partial charge in [0.2, 0.25) is 0 Å². The molecular formula is C8H10BF3NO2-. The molecule has 0 aromatic carbocycles. The van der Waals surface area contributed by atoms with Gasteiger partial charge in [-0.1, -0.05) is 11.5 Å². The van der Waals surface area contributed by atoms with Crippen molar-refractivity contribution in [2.45, 2.75) is 6.92 Å². The van der Waals surface area contributed by atoms with Crippen LogP contribution in [0, 0.1) is 0 Å². The van der Waals surface area contributed by atoms with E-state index < -0.39 is 12.4 Å². The number of aromatic nitrogens is 1. The molecule has 1 aromatic rings. The molecule has 7 heteroatoms. The fourth-order valence-electron chi connectivity index (χ4n) is 0.970. The molecule has 0 unspecified atom stereocenters. The number of hydrogen-bond donors (Lipinski definition) is 0.